The molecule has 0 saturated carbocycles. The van der Waals surface area contributed by atoms with Gasteiger partial charge >= 0.3 is 0 Å². The highest BCUT2D eigenvalue weighted by atomic mass is 16.7. The van der Waals surface area contributed by atoms with Crippen molar-refractivity contribution in [1.82, 2.24) is 0 Å². The minimum atomic E-state index is -0.406. The molecule has 0 spiro atoms. The maximum Gasteiger partial charge on any atom is 0.184 e. The molecule has 1 aliphatic heterocycles. The zero-order chi connectivity index (χ0) is 24.2. The predicted molar refractivity (Wildman–Crippen MR) is 140 cm³/mol. The minimum absolute atomic E-state index is 0.162. The smallest absolute Gasteiger partial charge is 0.184 e. The molecule has 0 aromatic heterocycles. The second-order valence-electron chi connectivity index (χ2n) is 9.05. The molecule has 0 N–H and O–H groups in total. The molecule has 1 aliphatic rings. The molecule has 34 heavy (non-hydrogen) atoms. The Morgan fingerprint density at radius 1 is 0.912 bits per heavy atom. The van der Waals surface area contributed by atoms with Crippen LogP contribution in [0.15, 0.2) is 73.3 Å². The first-order valence-electron chi connectivity index (χ1n) is 12.0. The van der Waals surface area contributed by atoms with E-state index in [9.17, 15) is 0 Å². The summed E-state index contributed by atoms with van der Waals surface area (Å²) in [6.45, 7) is 12.8. The lowest BCUT2D eigenvalue weighted by Gasteiger charge is -2.35. The molecule has 3 aromatic rings. The normalized spacial score (nSPS) is 20.1. The minimum Gasteiger partial charge on any atom is -0.497 e. The van der Waals surface area contributed by atoms with E-state index in [1.807, 2.05) is 12.1 Å². The van der Waals surface area contributed by atoms with E-state index < -0.39 is 6.29 Å². The number of rotatable bonds is 7. The second-order valence-corrected chi connectivity index (χ2v) is 9.05. The van der Waals surface area contributed by atoms with Crippen LogP contribution in [0.4, 0.5) is 17.1 Å². The van der Waals surface area contributed by atoms with Gasteiger partial charge in [-0.1, -0.05) is 31.7 Å². The van der Waals surface area contributed by atoms with Crippen LogP contribution in [0.2, 0.25) is 0 Å². The summed E-state index contributed by atoms with van der Waals surface area (Å²) >= 11 is 0. The molecule has 0 radical (unpaired) electrons. The summed E-state index contributed by atoms with van der Waals surface area (Å²) in [6.07, 6.45) is 1.86. The Hall–Kier alpha value is -3.08. The van der Waals surface area contributed by atoms with Gasteiger partial charge in [0.2, 0.25) is 0 Å². The monoisotopic (exact) mass is 457 g/mol. The van der Waals surface area contributed by atoms with Gasteiger partial charge in [-0.25, -0.2) is 0 Å². The number of anilines is 3. The van der Waals surface area contributed by atoms with Crippen molar-refractivity contribution in [1.29, 1.82) is 0 Å². The van der Waals surface area contributed by atoms with Crippen LogP contribution < -0.4 is 9.64 Å². The SMILES string of the molecule is C=C(c1ccc(N(c2ccc(OC)cc2)c2ccc(C)c(C)c2)cc1)C1OC(C)CC(CC)O1. The zero-order valence-electron chi connectivity index (χ0n) is 20.9. The van der Waals surface area contributed by atoms with Gasteiger partial charge < -0.3 is 19.1 Å². The van der Waals surface area contributed by atoms with Crippen LogP contribution in [0.1, 0.15) is 43.4 Å². The van der Waals surface area contributed by atoms with Gasteiger partial charge in [0, 0.05) is 22.6 Å². The highest BCUT2D eigenvalue weighted by Gasteiger charge is 2.29. The highest BCUT2D eigenvalue weighted by Crippen LogP contribution is 2.37. The molecule has 3 aromatic carbocycles. The number of hydrogen-bond acceptors (Lipinski definition) is 4. The van der Waals surface area contributed by atoms with Crippen LogP contribution >= 0.6 is 0 Å². The maximum atomic E-state index is 6.14. The zero-order valence-corrected chi connectivity index (χ0v) is 20.9. The molecule has 4 heteroatoms. The standard InChI is InChI=1S/C30H35NO3/c1-7-28-19-22(4)33-30(34-28)23(5)24-9-12-25(13-10-24)31(26-14-16-29(32-6)17-15-26)27-11-8-20(2)21(3)18-27/h8-18,22,28,30H,5,7,19H2,1-4,6H3. The quantitative estimate of drug-likeness (QED) is 0.363. The second kappa shape index (κ2) is 10.5. The molecular weight excluding hydrogens is 422 g/mol. The molecule has 1 heterocycles. The van der Waals surface area contributed by atoms with E-state index in [1.54, 1.807) is 7.11 Å². The largest absolute Gasteiger partial charge is 0.497 e. The summed E-state index contributed by atoms with van der Waals surface area (Å²) in [6, 6.07) is 23.1. The van der Waals surface area contributed by atoms with Crippen molar-refractivity contribution in [3.05, 3.63) is 90.0 Å². The average Bonchev–Trinajstić information content (AvgIpc) is 2.86. The van der Waals surface area contributed by atoms with Crippen LogP contribution in [-0.2, 0) is 9.47 Å². The lowest BCUT2D eigenvalue weighted by atomic mass is 10.0. The molecule has 1 fully saturated rings. The van der Waals surface area contributed by atoms with E-state index in [0.29, 0.717) is 0 Å². The molecule has 0 aliphatic carbocycles. The fourth-order valence-corrected chi connectivity index (χ4v) is 4.33. The van der Waals surface area contributed by atoms with Crippen molar-refractivity contribution in [3.8, 4) is 5.75 Å². The van der Waals surface area contributed by atoms with Gasteiger partial charge in [0.05, 0.1) is 19.3 Å². The Labute approximate surface area is 203 Å². The van der Waals surface area contributed by atoms with Crippen LogP contribution in [0, 0.1) is 13.8 Å². The average molecular weight is 458 g/mol. The van der Waals surface area contributed by atoms with Gasteiger partial charge in [-0.3, -0.25) is 0 Å². The third-order valence-electron chi connectivity index (χ3n) is 6.58. The van der Waals surface area contributed by atoms with Crippen LogP contribution in [-0.4, -0.2) is 25.6 Å². The number of aryl methyl sites for hydroxylation is 2. The van der Waals surface area contributed by atoms with Crippen molar-refractivity contribution in [3.63, 3.8) is 0 Å². The summed E-state index contributed by atoms with van der Waals surface area (Å²) < 4.78 is 17.6. The Morgan fingerprint density at radius 3 is 2.12 bits per heavy atom. The van der Waals surface area contributed by atoms with Crippen LogP contribution in [0.25, 0.3) is 5.57 Å². The topological polar surface area (TPSA) is 30.9 Å². The molecule has 0 bridgehead atoms. The lowest BCUT2D eigenvalue weighted by molar-refractivity contribution is -0.209. The van der Waals surface area contributed by atoms with E-state index in [-0.39, 0.29) is 12.2 Å². The fraction of sp³-hybridized carbons (Fsp3) is 0.333. The van der Waals surface area contributed by atoms with E-state index >= 15 is 0 Å². The molecule has 4 rings (SSSR count). The summed E-state index contributed by atoms with van der Waals surface area (Å²) in [7, 11) is 1.69. The molecule has 3 atom stereocenters. The van der Waals surface area contributed by atoms with Gasteiger partial charge in [0.1, 0.15) is 5.75 Å². The first-order valence-corrected chi connectivity index (χ1v) is 12.0. The summed E-state index contributed by atoms with van der Waals surface area (Å²) in [5, 5.41) is 0. The van der Waals surface area contributed by atoms with E-state index in [4.69, 9.17) is 14.2 Å². The number of benzene rings is 3. The van der Waals surface area contributed by atoms with Gasteiger partial charge in [0.15, 0.2) is 6.29 Å². The maximum absolute atomic E-state index is 6.14. The van der Waals surface area contributed by atoms with Gasteiger partial charge in [-0.2, -0.15) is 0 Å². The molecule has 3 unspecified atom stereocenters. The first kappa shape index (κ1) is 24.1. The summed E-state index contributed by atoms with van der Waals surface area (Å²) in [5.74, 6) is 0.836. The number of nitrogens with zero attached hydrogens (tertiary/aromatic N) is 1. The number of ether oxygens (including phenoxy) is 3. The third kappa shape index (κ3) is 5.19. The van der Waals surface area contributed by atoms with Crippen LogP contribution in [0.3, 0.4) is 0 Å². The molecule has 4 nitrogen and oxygen atoms in total. The third-order valence-corrected chi connectivity index (χ3v) is 6.58. The lowest BCUT2D eigenvalue weighted by Crippen LogP contribution is -2.37. The summed E-state index contributed by atoms with van der Waals surface area (Å²) in [5.41, 5.74) is 7.65. The first-order chi connectivity index (χ1) is 16.4. The Balaban J connectivity index is 1.65. The Kier molecular flexibility index (Phi) is 7.40. The van der Waals surface area contributed by atoms with Crippen molar-refractivity contribution in [2.45, 2.75) is 59.0 Å². The summed E-state index contributed by atoms with van der Waals surface area (Å²) in [4.78, 5) is 2.25. The van der Waals surface area contributed by atoms with Gasteiger partial charge in [0.25, 0.3) is 0 Å². The number of methoxy groups -OCH3 is 1. The van der Waals surface area contributed by atoms with E-state index in [0.717, 1.165) is 46.8 Å². The van der Waals surface area contributed by atoms with Crippen molar-refractivity contribution >= 4 is 22.6 Å². The predicted octanol–water partition coefficient (Wildman–Crippen LogP) is 7.73. The van der Waals surface area contributed by atoms with Crippen molar-refractivity contribution in [2.75, 3.05) is 12.0 Å². The molecule has 178 valence electrons. The Morgan fingerprint density at radius 2 is 1.53 bits per heavy atom. The van der Waals surface area contributed by atoms with Crippen molar-refractivity contribution < 1.29 is 14.2 Å². The van der Waals surface area contributed by atoms with E-state index in [2.05, 4.69) is 93.8 Å². The van der Waals surface area contributed by atoms with Gasteiger partial charge in [-0.15, -0.1) is 0 Å². The molecular formula is C30H35NO3. The van der Waals surface area contributed by atoms with Crippen molar-refractivity contribution in [2.24, 2.45) is 0 Å². The molecule has 1 saturated heterocycles. The fourth-order valence-electron chi connectivity index (χ4n) is 4.33. The van der Waals surface area contributed by atoms with Gasteiger partial charge in [-0.05, 0) is 98.8 Å². The number of hydrogen-bond donors (Lipinski definition) is 0. The molecule has 0 amide bonds. The highest BCUT2D eigenvalue weighted by molar-refractivity contribution is 5.78. The Bertz CT molecular complexity index is 1120. The van der Waals surface area contributed by atoms with Crippen LogP contribution in [0.5, 0.6) is 5.75 Å². The van der Waals surface area contributed by atoms with E-state index in [1.165, 1.54) is 11.1 Å².